The lowest BCUT2D eigenvalue weighted by Gasteiger charge is -1.94. The highest BCUT2D eigenvalue weighted by Gasteiger charge is 2.17. The van der Waals surface area contributed by atoms with Crippen molar-refractivity contribution >= 4 is 0 Å². The molecule has 0 heteroatoms. The first-order valence-electron chi connectivity index (χ1n) is 5.99. The number of rotatable bonds is 1. The summed E-state index contributed by atoms with van der Waals surface area (Å²) in [6, 6.07) is 8.57. The first-order chi connectivity index (χ1) is 7.38. The van der Waals surface area contributed by atoms with E-state index in [0.29, 0.717) is 5.92 Å². The molecular formula is C15H20. The Kier molecular flexibility index (Phi) is 4.98. The van der Waals surface area contributed by atoms with Crippen molar-refractivity contribution in [1.82, 2.24) is 0 Å². The summed E-state index contributed by atoms with van der Waals surface area (Å²) in [4.78, 5) is 0. The highest BCUT2D eigenvalue weighted by molar-refractivity contribution is 5.37. The minimum atomic E-state index is 0.700. The molecule has 0 saturated heterocycles. The van der Waals surface area contributed by atoms with Crippen LogP contribution < -0.4 is 0 Å². The summed E-state index contributed by atoms with van der Waals surface area (Å²) in [6.07, 6.45) is 3.72. The summed E-state index contributed by atoms with van der Waals surface area (Å²) in [6.45, 7) is 6.17. The fourth-order valence-corrected chi connectivity index (χ4v) is 1.24. The monoisotopic (exact) mass is 200 g/mol. The van der Waals surface area contributed by atoms with Gasteiger partial charge in [0.25, 0.3) is 0 Å². The summed E-state index contributed by atoms with van der Waals surface area (Å²) in [5.74, 6) is 7.17. The second-order valence-corrected chi connectivity index (χ2v) is 3.59. The van der Waals surface area contributed by atoms with Crippen LogP contribution in [-0.4, -0.2) is 0 Å². The zero-order chi connectivity index (χ0) is 11.1. The van der Waals surface area contributed by atoms with E-state index in [4.69, 9.17) is 0 Å². The molecule has 0 amide bonds. The van der Waals surface area contributed by atoms with Crippen LogP contribution >= 0.6 is 0 Å². The Morgan fingerprint density at radius 3 is 2.20 bits per heavy atom. The Bertz CT molecular complexity index is 331. The van der Waals surface area contributed by atoms with E-state index in [9.17, 15) is 0 Å². The van der Waals surface area contributed by atoms with Crippen LogP contribution in [0.25, 0.3) is 0 Å². The van der Waals surface area contributed by atoms with Crippen molar-refractivity contribution in [3.8, 4) is 11.8 Å². The summed E-state index contributed by atoms with van der Waals surface area (Å²) in [5.41, 5.74) is 2.54. The summed E-state index contributed by atoms with van der Waals surface area (Å²) >= 11 is 0. The van der Waals surface area contributed by atoms with Crippen LogP contribution in [0.1, 0.15) is 44.7 Å². The molecule has 0 radical (unpaired) electrons. The second-order valence-electron chi connectivity index (χ2n) is 3.59. The minimum Gasteiger partial charge on any atom is -0.0945 e. The zero-order valence-corrected chi connectivity index (χ0v) is 10.0. The van der Waals surface area contributed by atoms with Crippen molar-refractivity contribution in [2.75, 3.05) is 0 Å². The molecule has 1 aromatic rings. The van der Waals surface area contributed by atoms with Crippen LogP contribution in [-0.2, 0) is 6.42 Å². The van der Waals surface area contributed by atoms with E-state index in [1.165, 1.54) is 18.4 Å². The molecule has 0 unspecified atom stereocenters. The molecule has 80 valence electrons. The van der Waals surface area contributed by atoms with Gasteiger partial charge in [0.2, 0.25) is 0 Å². The first-order valence-corrected chi connectivity index (χ1v) is 5.99. The molecule has 15 heavy (non-hydrogen) atoms. The molecular weight excluding hydrogens is 180 g/mol. The molecule has 1 saturated carbocycles. The lowest BCUT2D eigenvalue weighted by molar-refractivity contribution is 1.14. The highest BCUT2D eigenvalue weighted by atomic mass is 14.2. The van der Waals surface area contributed by atoms with Gasteiger partial charge >= 0.3 is 0 Å². The van der Waals surface area contributed by atoms with Crippen molar-refractivity contribution < 1.29 is 0 Å². The number of hydrogen-bond acceptors (Lipinski definition) is 0. The molecule has 0 aromatic heterocycles. The van der Waals surface area contributed by atoms with Gasteiger partial charge in [-0.1, -0.05) is 44.7 Å². The topological polar surface area (TPSA) is 0 Å². The fourth-order valence-electron chi connectivity index (χ4n) is 1.24. The number of aryl methyl sites for hydroxylation is 1. The van der Waals surface area contributed by atoms with Crippen LogP contribution in [0.5, 0.6) is 0 Å². The summed E-state index contributed by atoms with van der Waals surface area (Å²) < 4.78 is 0. The third-order valence-corrected chi connectivity index (χ3v) is 2.36. The van der Waals surface area contributed by atoms with Crippen molar-refractivity contribution in [1.29, 1.82) is 0 Å². The van der Waals surface area contributed by atoms with Crippen LogP contribution in [0.2, 0.25) is 0 Å². The zero-order valence-electron chi connectivity index (χ0n) is 10.0. The van der Waals surface area contributed by atoms with Crippen LogP contribution in [0, 0.1) is 17.8 Å². The Morgan fingerprint density at radius 2 is 1.73 bits per heavy atom. The quantitative estimate of drug-likeness (QED) is 0.600. The smallest absolute Gasteiger partial charge is 0.0245 e. The third-order valence-electron chi connectivity index (χ3n) is 2.36. The Morgan fingerprint density at radius 1 is 1.13 bits per heavy atom. The van der Waals surface area contributed by atoms with Gasteiger partial charge in [-0.3, -0.25) is 0 Å². The molecule has 0 heterocycles. The standard InChI is InChI=1S/C13H14.C2H6/c1-2-11-3-5-12(6-4-11)7-8-13-9-10-13;1-2/h3-6,13H,2,9-10H2,1H3;1-2H3. The van der Waals surface area contributed by atoms with Gasteiger partial charge in [-0.15, -0.1) is 0 Å². The van der Waals surface area contributed by atoms with Gasteiger partial charge in [0, 0.05) is 11.5 Å². The molecule has 1 aliphatic rings. The van der Waals surface area contributed by atoms with Gasteiger partial charge < -0.3 is 0 Å². The highest BCUT2D eigenvalue weighted by Crippen LogP contribution is 2.27. The maximum atomic E-state index is 3.26. The Labute approximate surface area is 93.7 Å². The van der Waals surface area contributed by atoms with Gasteiger partial charge in [0.05, 0.1) is 0 Å². The SMILES string of the molecule is CC.CCc1ccc(C#CC2CC2)cc1. The van der Waals surface area contributed by atoms with Gasteiger partial charge in [-0.05, 0) is 37.0 Å². The van der Waals surface area contributed by atoms with E-state index in [1.54, 1.807) is 0 Å². The van der Waals surface area contributed by atoms with Crippen molar-refractivity contribution in [2.24, 2.45) is 5.92 Å². The number of benzene rings is 1. The average Bonchev–Trinajstić information content (AvgIpc) is 3.14. The van der Waals surface area contributed by atoms with E-state index in [-0.39, 0.29) is 0 Å². The van der Waals surface area contributed by atoms with Gasteiger partial charge in [-0.25, -0.2) is 0 Å². The molecule has 0 spiro atoms. The predicted octanol–water partition coefficient (Wildman–Crippen LogP) is 4.04. The molecule has 0 bridgehead atoms. The molecule has 2 rings (SSSR count). The molecule has 0 atom stereocenters. The molecule has 1 aromatic carbocycles. The van der Waals surface area contributed by atoms with Crippen LogP contribution in [0.4, 0.5) is 0 Å². The van der Waals surface area contributed by atoms with Gasteiger partial charge in [0.1, 0.15) is 0 Å². The maximum absolute atomic E-state index is 3.26. The largest absolute Gasteiger partial charge is 0.0945 e. The van der Waals surface area contributed by atoms with E-state index < -0.39 is 0 Å². The van der Waals surface area contributed by atoms with Gasteiger partial charge in [0.15, 0.2) is 0 Å². The third kappa shape index (κ3) is 4.21. The Hall–Kier alpha value is -1.22. The lowest BCUT2D eigenvalue weighted by atomic mass is 10.1. The van der Waals surface area contributed by atoms with Gasteiger partial charge in [-0.2, -0.15) is 0 Å². The molecule has 0 nitrogen and oxygen atoms in total. The van der Waals surface area contributed by atoms with Crippen molar-refractivity contribution in [3.05, 3.63) is 35.4 Å². The van der Waals surface area contributed by atoms with E-state index in [1.807, 2.05) is 13.8 Å². The van der Waals surface area contributed by atoms with E-state index in [2.05, 4.69) is 43.0 Å². The first kappa shape index (κ1) is 11.9. The summed E-state index contributed by atoms with van der Waals surface area (Å²) in [7, 11) is 0. The number of hydrogen-bond donors (Lipinski definition) is 0. The van der Waals surface area contributed by atoms with Crippen molar-refractivity contribution in [3.63, 3.8) is 0 Å². The molecule has 0 N–H and O–H groups in total. The van der Waals surface area contributed by atoms with Crippen molar-refractivity contribution in [2.45, 2.75) is 40.0 Å². The molecule has 0 aliphatic heterocycles. The average molecular weight is 200 g/mol. The fraction of sp³-hybridized carbons (Fsp3) is 0.467. The van der Waals surface area contributed by atoms with Crippen LogP contribution in [0.3, 0.4) is 0 Å². The predicted molar refractivity (Wildman–Crippen MR) is 66.8 cm³/mol. The minimum absolute atomic E-state index is 0.700. The summed E-state index contributed by atoms with van der Waals surface area (Å²) in [5, 5.41) is 0. The maximum Gasteiger partial charge on any atom is 0.0245 e. The lowest BCUT2D eigenvalue weighted by Crippen LogP contribution is -1.80. The molecule has 1 fully saturated rings. The van der Waals surface area contributed by atoms with E-state index in [0.717, 1.165) is 12.0 Å². The second kappa shape index (κ2) is 6.30. The Balaban J connectivity index is 0.000000531. The molecule has 1 aliphatic carbocycles. The van der Waals surface area contributed by atoms with Crippen LogP contribution in [0.15, 0.2) is 24.3 Å². The normalized spacial score (nSPS) is 13.3. The van der Waals surface area contributed by atoms with E-state index >= 15 is 0 Å².